The zero-order valence-electron chi connectivity index (χ0n) is 21.3. The van der Waals surface area contributed by atoms with E-state index in [1.807, 2.05) is 42.3 Å². The van der Waals surface area contributed by atoms with E-state index < -0.39 is 17.6 Å². The summed E-state index contributed by atoms with van der Waals surface area (Å²) in [6.07, 6.45) is 7.42. The number of carboxylic acid groups (broad SMARTS) is 1. The van der Waals surface area contributed by atoms with Crippen LogP contribution in [0, 0.1) is 5.41 Å². The van der Waals surface area contributed by atoms with Crippen molar-refractivity contribution in [1.82, 2.24) is 14.8 Å². The van der Waals surface area contributed by atoms with E-state index in [2.05, 4.69) is 22.1 Å². The predicted octanol–water partition coefficient (Wildman–Crippen LogP) is 2.81. The summed E-state index contributed by atoms with van der Waals surface area (Å²) in [4.78, 5) is 34.3. The van der Waals surface area contributed by atoms with Gasteiger partial charge in [0.2, 0.25) is 6.41 Å². The number of nitrogens with one attached hydrogen (secondary N) is 2. The Hall–Kier alpha value is -4.18. The number of nitrogen functional groups attached to an aromatic ring is 1. The normalized spacial score (nSPS) is 21.9. The molecule has 1 aromatic carbocycles. The van der Waals surface area contributed by atoms with E-state index in [0.29, 0.717) is 30.0 Å². The van der Waals surface area contributed by atoms with E-state index in [1.165, 1.54) is 4.90 Å². The molecular weight excluding hydrogens is 470 g/mol. The molecule has 2 heterocycles. The minimum atomic E-state index is -0.926. The standard InChI is InChI=1S/C27H33N7O3/c1-4-27-13-12-21(33(17-35)23-7-5-6-14-30-23)15-22(27)34(18(2)26(36)37)24(32(27)3)16-31-20-10-8-19(9-11-20)25(28)29/h5-12,14-15,17-18,24,31H,4,13,16H2,1-3H3,(H3,28,29)(H,36,37)/t18-,24+,27-/m0/s1. The molecule has 2 aromatic rings. The molecule has 4 rings (SSSR count). The van der Waals surface area contributed by atoms with Crippen LogP contribution < -0.4 is 16.0 Å². The van der Waals surface area contributed by atoms with Crippen LogP contribution in [0.4, 0.5) is 11.5 Å². The van der Waals surface area contributed by atoms with E-state index in [-0.39, 0.29) is 12.0 Å². The number of benzene rings is 1. The number of hydrogen-bond donors (Lipinski definition) is 4. The molecule has 10 heteroatoms. The smallest absolute Gasteiger partial charge is 0.326 e. The molecule has 0 radical (unpaired) electrons. The van der Waals surface area contributed by atoms with Gasteiger partial charge in [-0.1, -0.05) is 19.1 Å². The summed E-state index contributed by atoms with van der Waals surface area (Å²) >= 11 is 0. The van der Waals surface area contributed by atoms with E-state index in [0.717, 1.165) is 24.2 Å². The molecule has 1 amide bonds. The summed E-state index contributed by atoms with van der Waals surface area (Å²) in [6.45, 7) is 4.24. The average Bonchev–Trinajstić information content (AvgIpc) is 3.15. The quantitative estimate of drug-likeness (QED) is 0.221. The lowest BCUT2D eigenvalue weighted by Crippen LogP contribution is -2.50. The summed E-state index contributed by atoms with van der Waals surface area (Å²) in [5.41, 5.74) is 8.16. The summed E-state index contributed by atoms with van der Waals surface area (Å²) in [5.74, 6) is -0.422. The Kier molecular flexibility index (Phi) is 7.30. The number of carboxylic acids is 1. The summed E-state index contributed by atoms with van der Waals surface area (Å²) < 4.78 is 0. The van der Waals surface area contributed by atoms with Crippen molar-refractivity contribution in [3.8, 4) is 0 Å². The molecular formula is C27H33N7O3. The number of carbonyl (C=O) groups is 2. The van der Waals surface area contributed by atoms with Gasteiger partial charge in [-0.05, 0) is 69.3 Å². The first-order valence-electron chi connectivity index (χ1n) is 12.2. The van der Waals surface area contributed by atoms with Gasteiger partial charge in [-0.15, -0.1) is 0 Å². The molecule has 37 heavy (non-hydrogen) atoms. The molecule has 1 aromatic heterocycles. The third-order valence-corrected chi connectivity index (χ3v) is 7.46. The highest BCUT2D eigenvalue weighted by molar-refractivity contribution is 5.95. The Morgan fingerprint density at radius 3 is 2.65 bits per heavy atom. The Balaban J connectivity index is 1.69. The van der Waals surface area contributed by atoms with Crippen molar-refractivity contribution in [3.05, 3.63) is 77.8 Å². The van der Waals surface area contributed by atoms with Crippen molar-refractivity contribution < 1.29 is 14.7 Å². The number of carbonyl (C=O) groups excluding carboxylic acids is 1. The Bertz CT molecular complexity index is 1230. The SMILES string of the molecule is CC[C@]12CC=C(N(C=O)c3ccccn3)C=C1N([C@@H](C)C(=O)O)[C@H](CNc1ccc(C(=N)N)cc1)N2C. The topological polar surface area (TPSA) is 139 Å². The van der Waals surface area contributed by atoms with Crippen LogP contribution >= 0.6 is 0 Å². The number of nitrogens with zero attached hydrogens (tertiary/aromatic N) is 4. The highest BCUT2D eigenvalue weighted by Gasteiger charge is 2.54. The number of amidine groups is 1. The third-order valence-electron chi connectivity index (χ3n) is 7.46. The highest BCUT2D eigenvalue weighted by atomic mass is 16.4. The first-order valence-corrected chi connectivity index (χ1v) is 12.2. The average molecular weight is 504 g/mol. The number of pyridine rings is 1. The van der Waals surface area contributed by atoms with Crippen molar-refractivity contribution >= 4 is 29.7 Å². The van der Waals surface area contributed by atoms with Crippen LogP contribution in [0.2, 0.25) is 0 Å². The molecule has 10 nitrogen and oxygen atoms in total. The molecule has 1 aliphatic carbocycles. The van der Waals surface area contributed by atoms with Gasteiger partial charge in [0.25, 0.3) is 0 Å². The minimum Gasteiger partial charge on any atom is -0.480 e. The van der Waals surface area contributed by atoms with Gasteiger partial charge in [-0.3, -0.25) is 20.0 Å². The summed E-state index contributed by atoms with van der Waals surface area (Å²) in [5, 5.41) is 21.0. The molecule has 1 aliphatic heterocycles. The molecule has 1 saturated heterocycles. The van der Waals surface area contributed by atoms with Crippen LogP contribution in [-0.2, 0) is 9.59 Å². The number of hydrogen-bond acceptors (Lipinski definition) is 7. The highest BCUT2D eigenvalue weighted by Crippen LogP contribution is 2.47. The number of aliphatic carboxylic acids is 1. The maximum Gasteiger partial charge on any atom is 0.326 e. The van der Waals surface area contributed by atoms with Crippen LogP contribution in [0.1, 0.15) is 32.3 Å². The Morgan fingerprint density at radius 1 is 1.35 bits per heavy atom. The van der Waals surface area contributed by atoms with Crippen molar-refractivity contribution in [3.63, 3.8) is 0 Å². The second-order valence-electron chi connectivity index (χ2n) is 9.30. The number of rotatable bonds is 10. The fourth-order valence-corrected chi connectivity index (χ4v) is 5.27. The number of likely N-dealkylation sites (N-methyl/N-ethyl adjacent to an activating group) is 1. The predicted molar refractivity (Wildman–Crippen MR) is 143 cm³/mol. The number of fused-ring (bicyclic) bond motifs is 1. The van der Waals surface area contributed by atoms with E-state index >= 15 is 0 Å². The fraction of sp³-hybridized carbons (Fsp3) is 0.333. The number of allylic oxidation sites excluding steroid dienone is 1. The fourth-order valence-electron chi connectivity index (χ4n) is 5.27. The maximum absolute atomic E-state index is 12.2. The summed E-state index contributed by atoms with van der Waals surface area (Å²) in [7, 11) is 2.02. The number of nitrogens with two attached hydrogens (primary N) is 1. The van der Waals surface area contributed by atoms with Gasteiger partial charge in [-0.2, -0.15) is 0 Å². The second kappa shape index (κ2) is 10.4. The molecule has 0 bridgehead atoms. The van der Waals surface area contributed by atoms with Crippen LogP contribution in [-0.4, -0.2) is 69.4 Å². The first kappa shape index (κ1) is 25.9. The largest absolute Gasteiger partial charge is 0.480 e. The van der Waals surface area contributed by atoms with E-state index in [9.17, 15) is 14.7 Å². The van der Waals surface area contributed by atoms with Crippen LogP contribution in [0.15, 0.2) is 72.2 Å². The van der Waals surface area contributed by atoms with Gasteiger partial charge >= 0.3 is 5.97 Å². The summed E-state index contributed by atoms with van der Waals surface area (Å²) in [6, 6.07) is 11.8. The van der Waals surface area contributed by atoms with Crippen molar-refractivity contribution in [2.24, 2.45) is 5.73 Å². The molecule has 5 N–H and O–H groups in total. The Labute approximate surface area is 216 Å². The van der Waals surface area contributed by atoms with Crippen molar-refractivity contribution in [1.29, 1.82) is 5.41 Å². The lowest BCUT2D eigenvalue weighted by Gasteiger charge is -2.39. The van der Waals surface area contributed by atoms with Crippen LogP contribution in [0.5, 0.6) is 0 Å². The zero-order chi connectivity index (χ0) is 26.7. The molecule has 0 unspecified atom stereocenters. The molecule has 3 atom stereocenters. The number of amides is 1. The van der Waals surface area contributed by atoms with Crippen molar-refractivity contribution in [2.75, 3.05) is 23.8 Å². The second-order valence-corrected chi connectivity index (χ2v) is 9.30. The molecule has 194 valence electrons. The molecule has 2 aliphatic rings. The van der Waals surface area contributed by atoms with Crippen LogP contribution in [0.25, 0.3) is 0 Å². The maximum atomic E-state index is 12.2. The number of aromatic nitrogens is 1. The third kappa shape index (κ3) is 4.67. The van der Waals surface area contributed by atoms with Gasteiger partial charge in [-0.25, -0.2) is 9.78 Å². The Morgan fingerprint density at radius 2 is 2.08 bits per heavy atom. The number of anilines is 2. The van der Waals surface area contributed by atoms with Crippen LogP contribution in [0.3, 0.4) is 0 Å². The van der Waals surface area contributed by atoms with Gasteiger partial charge in [0.1, 0.15) is 23.9 Å². The molecule has 0 saturated carbocycles. The van der Waals surface area contributed by atoms with E-state index in [4.69, 9.17) is 11.1 Å². The van der Waals surface area contributed by atoms with E-state index in [1.54, 1.807) is 37.4 Å². The van der Waals surface area contributed by atoms with Crippen molar-refractivity contribution in [2.45, 2.75) is 44.4 Å². The zero-order valence-corrected chi connectivity index (χ0v) is 21.3. The lowest BCUT2D eigenvalue weighted by molar-refractivity contribution is -0.142. The molecule has 0 spiro atoms. The van der Waals surface area contributed by atoms with Gasteiger partial charge in [0.05, 0.1) is 5.54 Å². The van der Waals surface area contributed by atoms with Gasteiger partial charge < -0.3 is 21.1 Å². The monoisotopic (exact) mass is 503 g/mol. The van der Waals surface area contributed by atoms with Gasteiger partial charge in [0.15, 0.2) is 0 Å². The lowest BCUT2D eigenvalue weighted by atomic mass is 9.83. The molecule has 1 fully saturated rings. The first-order chi connectivity index (χ1) is 17.7. The minimum absolute atomic E-state index is 0.00260. The van der Waals surface area contributed by atoms with Gasteiger partial charge in [0, 0.05) is 35.4 Å².